The van der Waals surface area contributed by atoms with Crippen LogP contribution in [0, 0.1) is 6.92 Å². The number of hydrogen-bond donors (Lipinski definition) is 0. The van der Waals surface area contributed by atoms with Crippen molar-refractivity contribution < 1.29 is 17.5 Å². The first-order chi connectivity index (χ1) is 17.7. The van der Waals surface area contributed by atoms with Gasteiger partial charge in [-0.3, -0.25) is 0 Å². The summed E-state index contributed by atoms with van der Waals surface area (Å²) in [7, 11) is -1.71. The van der Waals surface area contributed by atoms with Gasteiger partial charge in [-0.25, -0.2) is 8.42 Å². The van der Waals surface area contributed by atoms with E-state index in [1.165, 1.54) is 152 Å². The molecule has 0 heterocycles. The van der Waals surface area contributed by atoms with Gasteiger partial charge in [-0.2, -0.15) is 0 Å². The number of nitrogens with zero attached hydrogens (tertiary/aromatic N) is 1. The highest BCUT2D eigenvalue weighted by atomic mass is 32.2. The van der Waals surface area contributed by atoms with Crippen LogP contribution >= 0.6 is 0 Å². The zero-order valence-corrected chi connectivity index (χ0v) is 26.1. The summed E-state index contributed by atoms with van der Waals surface area (Å²) in [4.78, 5) is -0.178. The van der Waals surface area contributed by atoms with Crippen molar-refractivity contribution in [3.8, 4) is 0 Å². The Morgan fingerprint density at radius 1 is 0.568 bits per heavy atom. The predicted molar refractivity (Wildman–Crippen MR) is 160 cm³/mol. The third kappa shape index (κ3) is 21.7. The largest absolute Gasteiger partial charge is 0.744 e. The number of benzene rings is 1. The van der Waals surface area contributed by atoms with E-state index < -0.39 is 10.1 Å². The van der Waals surface area contributed by atoms with Crippen molar-refractivity contribution in [2.45, 2.75) is 148 Å². The fourth-order valence-electron chi connectivity index (χ4n) is 4.86. The van der Waals surface area contributed by atoms with Crippen LogP contribution < -0.4 is 0 Å². The van der Waals surface area contributed by atoms with Crippen LogP contribution in [0.25, 0.3) is 0 Å². The van der Waals surface area contributed by atoms with E-state index in [4.69, 9.17) is 0 Å². The minimum Gasteiger partial charge on any atom is -0.744 e. The second-order valence-electron chi connectivity index (χ2n) is 11.4. The van der Waals surface area contributed by atoms with Crippen LogP contribution in [0.15, 0.2) is 29.2 Å². The topological polar surface area (TPSA) is 57.2 Å². The highest BCUT2D eigenvalue weighted by Crippen LogP contribution is 2.16. The third-order valence-electron chi connectivity index (χ3n) is 7.46. The summed E-state index contributed by atoms with van der Waals surface area (Å²) < 4.78 is 32.5. The molecule has 0 amide bonds. The molecule has 0 bridgehead atoms. The molecule has 0 fully saturated rings. The highest BCUT2D eigenvalue weighted by molar-refractivity contribution is 7.85. The molecular weight excluding hydrogens is 478 g/mol. The number of aryl methyl sites for hydroxylation is 1. The second-order valence-corrected chi connectivity index (χ2v) is 12.7. The van der Waals surface area contributed by atoms with E-state index in [0.29, 0.717) is 0 Å². The van der Waals surface area contributed by atoms with Crippen LogP contribution in [0.2, 0.25) is 0 Å². The Kier molecular flexibility index (Phi) is 22.5. The van der Waals surface area contributed by atoms with Crippen LogP contribution in [-0.4, -0.2) is 44.1 Å². The normalized spacial score (nSPS) is 11.8. The Labute approximate surface area is 232 Å². The fraction of sp³-hybridized carbons (Fsp3) is 0.812. The van der Waals surface area contributed by atoms with E-state index in [-0.39, 0.29) is 4.90 Å². The summed E-state index contributed by atoms with van der Waals surface area (Å²) in [6, 6.07) is 5.78. The predicted octanol–water partition coefficient (Wildman–Crippen LogP) is 9.41. The van der Waals surface area contributed by atoms with E-state index in [1.54, 1.807) is 12.1 Å². The van der Waals surface area contributed by atoms with Gasteiger partial charge in [0.15, 0.2) is 0 Å². The van der Waals surface area contributed by atoms with Crippen LogP contribution in [0.1, 0.15) is 142 Å². The average Bonchev–Trinajstić information content (AvgIpc) is 2.86. The van der Waals surface area contributed by atoms with Gasteiger partial charge in [-0.05, 0) is 57.6 Å². The summed E-state index contributed by atoms with van der Waals surface area (Å²) >= 11 is 0. The third-order valence-corrected chi connectivity index (χ3v) is 8.31. The van der Waals surface area contributed by atoms with E-state index in [2.05, 4.69) is 27.8 Å². The van der Waals surface area contributed by atoms with Crippen LogP contribution in [-0.2, 0) is 10.1 Å². The minimum absolute atomic E-state index is 0.178. The maximum Gasteiger partial charge on any atom is 0.124 e. The van der Waals surface area contributed by atoms with E-state index >= 15 is 0 Å². The minimum atomic E-state index is -4.27. The Bertz CT molecular complexity index is 690. The molecule has 0 atom stereocenters. The molecule has 4 nitrogen and oxygen atoms in total. The molecule has 0 saturated heterocycles. The lowest BCUT2D eigenvalue weighted by molar-refractivity contribution is -0.910. The molecule has 0 aliphatic carbocycles. The second kappa shape index (κ2) is 23.0. The monoisotopic (exact) mass is 539 g/mol. The molecule has 0 spiro atoms. The Morgan fingerprint density at radius 2 is 0.865 bits per heavy atom. The van der Waals surface area contributed by atoms with Crippen molar-refractivity contribution in [1.82, 2.24) is 0 Å². The van der Waals surface area contributed by atoms with Gasteiger partial charge < -0.3 is 9.04 Å². The zero-order valence-electron chi connectivity index (χ0n) is 25.2. The molecule has 37 heavy (non-hydrogen) atoms. The first-order valence-corrected chi connectivity index (χ1v) is 17.0. The van der Waals surface area contributed by atoms with Gasteiger partial charge in [-0.15, -0.1) is 0 Å². The van der Waals surface area contributed by atoms with Crippen molar-refractivity contribution in [3.05, 3.63) is 29.8 Å². The molecular formula is C32H61NO3S. The maximum absolute atomic E-state index is 10.4. The van der Waals surface area contributed by atoms with Gasteiger partial charge in [0.25, 0.3) is 0 Å². The van der Waals surface area contributed by atoms with Gasteiger partial charge >= 0.3 is 0 Å². The summed E-state index contributed by atoms with van der Waals surface area (Å²) in [6.45, 7) is 13.0. The zero-order chi connectivity index (χ0) is 27.8. The van der Waals surface area contributed by atoms with Gasteiger partial charge in [0, 0.05) is 0 Å². The number of unbranched alkanes of at least 4 members (excludes halogenated alkanes) is 15. The van der Waals surface area contributed by atoms with Crippen LogP contribution in [0.5, 0.6) is 0 Å². The van der Waals surface area contributed by atoms with Gasteiger partial charge in [0.2, 0.25) is 0 Å². The van der Waals surface area contributed by atoms with E-state index in [0.717, 1.165) is 5.56 Å². The molecule has 0 N–H and O–H groups in total. The van der Waals surface area contributed by atoms with Crippen LogP contribution in [0.4, 0.5) is 0 Å². The molecule has 218 valence electrons. The molecule has 5 heteroatoms. The molecule has 0 aliphatic heterocycles. The van der Waals surface area contributed by atoms with Crippen molar-refractivity contribution >= 4 is 10.1 Å². The summed E-state index contributed by atoms with van der Waals surface area (Å²) in [5.41, 5.74) is 0.928. The smallest absolute Gasteiger partial charge is 0.124 e. The van der Waals surface area contributed by atoms with Gasteiger partial charge in [-0.1, -0.05) is 116 Å². The lowest BCUT2D eigenvalue weighted by Gasteiger charge is -2.35. The molecule has 0 saturated carbocycles. The Morgan fingerprint density at radius 3 is 1.16 bits per heavy atom. The number of quaternary nitrogens is 1. The standard InChI is InChI=1S/C25H54N.C7H8O3S/c1-5-8-11-14-17-20-23-26(4,24-21-18-15-12-9-6-2)25-22-19-16-13-10-7-3;1-6-2-4-7(5-3-6)11(8,9)10/h5-25H2,1-4H3;2-5H,1H3,(H,8,9,10)/q+1;/p-1. The first-order valence-electron chi connectivity index (χ1n) is 15.5. The quantitative estimate of drug-likeness (QED) is 0.0837. The molecule has 0 unspecified atom stereocenters. The molecule has 1 aromatic rings. The molecule has 0 aromatic heterocycles. The highest BCUT2D eigenvalue weighted by Gasteiger charge is 2.20. The fourth-order valence-corrected chi connectivity index (χ4v) is 5.33. The first kappa shape index (κ1) is 36.1. The summed E-state index contributed by atoms with van der Waals surface area (Å²) in [5, 5.41) is 0. The molecule has 0 radical (unpaired) electrons. The lowest BCUT2D eigenvalue weighted by atomic mass is 10.1. The molecule has 1 rings (SSSR count). The van der Waals surface area contributed by atoms with Crippen molar-refractivity contribution in [1.29, 1.82) is 0 Å². The summed E-state index contributed by atoms with van der Waals surface area (Å²) in [5.74, 6) is 0. The SMILES string of the molecule is CCCCCCCC[N+](C)(CCCCCCCC)CCCCCCCC.Cc1ccc(S(=O)(=O)[O-])cc1. The number of rotatable bonds is 22. The van der Waals surface area contributed by atoms with Crippen LogP contribution in [0.3, 0.4) is 0 Å². The average molecular weight is 540 g/mol. The lowest BCUT2D eigenvalue weighted by Crippen LogP contribution is -2.46. The number of hydrogen-bond acceptors (Lipinski definition) is 3. The summed E-state index contributed by atoms with van der Waals surface area (Å²) in [6.07, 6.45) is 25.9. The van der Waals surface area contributed by atoms with Gasteiger partial charge in [0.05, 0.1) is 31.6 Å². The maximum atomic E-state index is 10.4. The Balaban J connectivity index is 0.000000970. The van der Waals surface area contributed by atoms with Crippen molar-refractivity contribution in [2.24, 2.45) is 0 Å². The van der Waals surface area contributed by atoms with Crippen molar-refractivity contribution in [3.63, 3.8) is 0 Å². The molecule has 0 aliphatic rings. The van der Waals surface area contributed by atoms with Crippen molar-refractivity contribution in [2.75, 3.05) is 26.7 Å². The van der Waals surface area contributed by atoms with E-state index in [1.807, 2.05) is 6.92 Å². The van der Waals surface area contributed by atoms with E-state index in [9.17, 15) is 13.0 Å². The van der Waals surface area contributed by atoms with Gasteiger partial charge in [0.1, 0.15) is 10.1 Å². The Hall–Kier alpha value is -0.910. The molecule has 1 aromatic carbocycles.